The number of halogens is 2. The van der Waals surface area contributed by atoms with Gasteiger partial charge in [0.05, 0.1) is 28.7 Å². The van der Waals surface area contributed by atoms with Gasteiger partial charge in [-0.15, -0.1) is 0 Å². The predicted octanol–water partition coefficient (Wildman–Crippen LogP) is 5.14. The van der Waals surface area contributed by atoms with E-state index in [1.165, 1.54) is 17.8 Å². The maximum Gasteiger partial charge on any atom is 0.308 e. The first-order valence-corrected chi connectivity index (χ1v) is 10.8. The smallest absolute Gasteiger partial charge is 0.308 e. The van der Waals surface area contributed by atoms with Crippen molar-refractivity contribution >= 4 is 50.6 Å². The van der Waals surface area contributed by atoms with Gasteiger partial charge in [-0.05, 0) is 42.8 Å². The van der Waals surface area contributed by atoms with Crippen molar-refractivity contribution in [1.82, 2.24) is 9.66 Å². The first-order chi connectivity index (χ1) is 14.7. The molecular weight excluding hydrogens is 486 g/mol. The maximum absolute atomic E-state index is 13.1. The molecule has 9 heteroatoms. The van der Waals surface area contributed by atoms with Gasteiger partial charge in [0, 0.05) is 17.3 Å². The van der Waals surface area contributed by atoms with Crippen LogP contribution in [0, 0.1) is 0 Å². The van der Waals surface area contributed by atoms with Crippen LogP contribution in [0.3, 0.4) is 0 Å². The highest BCUT2D eigenvalue weighted by Crippen LogP contribution is 2.36. The number of hydrogen-bond acceptors (Lipinski definition) is 6. The van der Waals surface area contributed by atoms with Gasteiger partial charge in [-0.3, -0.25) is 9.59 Å². The van der Waals surface area contributed by atoms with E-state index in [0.717, 1.165) is 4.47 Å². The molecule has 0 unspecified atom stereocenters. The fourth-order valence-electron chi connectivity index (χ4n) is 2.94. The van der Waals surface area contributed by atoms with E-state index in [1.54, 1.807) is 31.2 Å². The Bertz CT molecular complexity index is 1240. The Hall–Kier alpha value is -2.71. The fraction of sp³-hybridized carbons (Fsp3) is 0.273. The fourth-order valence-corrected chi connectivity index (χ4v) is 3.56. The van der Waals surface area contributed by atoms with Crippen LogP contribution in [0.5, 0.6) is 11.5 Å². The monoisotopic (exact) mass is 505 g/mol. The van der Waals surface area contributed by atoms with Gasteiger partial charge in [-0.2, -0.15) is 9.78 Å². The van der Waals surface area contributed by atoms with E-state index in [-0.39, 0.29) is 22.2 Å². The molecule has 0 spiro atoms. The average Bonchev–Trinajstić information content (AvgIpc) is 2.70. The molecule has 162 valence electrons. The number of ether oxygens (including phenoxy) is 2. The molecule has 0 amide bonds. The van der Waals surface area contributed by atoms with E-state index < -0.39 is 5.97 Å². The summed E-state index contributed by atoms with van der Waals surface area (Å²) in [6, 6.07) is 8.58. The van der Waals surface area contributed by atoms with Crippen LogP contribution < -0.4 is 15.0 Å². The lowest BCUT2D eigenvalue weighted by molar-refractivity contribution is -0.132. The third-order valence-electron chi connectivity index (χ3n) is 4.25. The molecule has 0 aliphatic heterocycles. The summed E-state index contributed by atoms with van der Waals surface area (Å²) < 4.78 is 12.8. The third-order valence-corrected chi connectivity index (χ3v) is 5.02. The molecule has 0 fully saturated rings. The summed E-state index contributed by atoms with van der Waals surface area (Å²) in [5.74, 6) is 0.440. The van der Waals surface area contributed by atoms with Gasteiger partial charge < -0.3 is 9.47 Å². The second kappa shape index (κ2) is 9.62. The Labute approximate surface area is 192 Å². The van der Waals surface area contributed by atoms with E-state index in [2.05, 4.69) is 26.0 Å². The maximum atomic E-state index is 13.1. The first-order valence-electron chi connectivity index (χ1n) is 9.62. The van der Waals surface area contributed by atoms with Crippen molar-refractivity contribution in [3.8, 4) is 11.5 Å². The summed E-state index contributed by atoms with van der Waals surface area (Å²) in [5.41, 5.74) is 0.898. The standard InChI is InChI=1S/C22H21BrClN3O4/c1-5-30-19-9-14(8-17(24)20(19)31-13(4)28)11-25-27-21(12(2)3)26-18-7-6-15(23)10-16(18)22(27)29/h6-12H,5H2,1-4H3. The molecule has 0 atom stereocenters. The molecule has 0 radical (unpaired) electrons. The lowest BCUT2D eigenvalue weighted by Gasteiger charge is -2.13. The molecule has 7 nitrogen and oxygen atoms in total. The Morgan fingerprint density at radius 2 is 2.06 bits per heavy atom. The van der Waals surface area contributed by atoms with Gasteiger partial charge in [-0.1, -0.05) is 41.4 Å². The van der Waals surface area contributed by atoms with Crippen LogP contribution in [-0.4, -0.2) is 28.5 Å². The second-order valence-electron chi connectivity index (χ2n) is 7.00. The summed E-state index contributed by atoms with van der Waals surface area (Å²) in [6.45, 7) is 7.32. The van der Waals surface area contributed by atoms with Gasteiger partial charge >= 0.3 is 5.97 Å². The molecule has 0 aliphatic rings. The number of hydrogen-bond donors (Lipinski definition) is 0. The number of nitrogens with zero attached hydrogens (tertiary/aromatic N) is 3. The first kappa shape index (κ1) is 23.0. The summed E-state index contributed by atoms with van der Waals surface area (Å²) in [5, 5.41) is 5.04. The van der Waals surface area contributed by atoms with Crippen molar-refractivity contribution in [2.75, 3.05) is 6.61 Å². The average molecular weight is 507 g/mol. The van der Waals surface area contributed by atoms with E-state index in [0.29, 0.717) is 34.6 Å². The Balaban J connectivity index is 2.12. The number of carbonyl (C=O) groups excluding carboxylic acids is 1. The number of rotatable bonds is 6. The van der Waals surface area contributed by atoms with Crippen LogP contribution in [0.25, 0.3) is 10.9 Å². The minimum Gasteiger partial charge on any atom is -0.490 e. The van der Waals surface area contributed by atoms with Crippen molar-refractivity contribution in [1.29, 1.82) is 0 Å². The van der Waals surface area contributed by atoms with Gasteiger partial charge in [0.25, 0.3) is 5.56 Å². The molecule has 0 aliphatic carbocycles. The normalized spacial score (nSPS) is 11.5. The molecule has 0 saturated heterocycles. The molecule has 0 saturated carbocycles. The molecule has 0 N–H and O–H groups in total. The lowest BCUT2D eigenvalue weighted by atomic mass is 10.2. The van der Waals surface area contributed by atoms with E-state index >= 15 is 0 Å². The van der Waals surface area contributed by atoms with Crippen LogP contribution in [0.15, 0.2) is 44.7 Å². The zero-order valence-electron chi connectivity index (χ0n) is 17.5. The Morgan fingerprint density at radius 3 is 2.71 bits per heavy atom. The highest BCUT2D eigenvalue weighted by Gasteiger charge is 2.16. The number of aromatic nitrogens is 2. The minimum atomic E-state index is -0.509. The highest BCUT2D eigenvalue weighted by molar-refractivity contribution is 9.10. The van der Waals surface area contributed by atoms with Crippen molar-refractivity contribution < 1.29 is 14.3 Å². The molecule has 1 aromatic heterocycles. The number of fused-ring (bicyclic) bond motifs is 1. The lowest BCUT2D eigenvalue weighted by Crippen LogP contribution is -2.23. The van der Waals surface area contributed by atoms with Gasteiger partial charge in [-0.25, -0.2) is 4.98 Å². The summed E-state index contributed by atoms with van der Waals surface area (Å²) >= 11 is 9.69. The van der Waals surface area contributed by atoms with Crippen molar-refractivity contribution in [3.05, 3.63) is 61.6 Å². The zero-order chi connectivity index (χ0) is 22.7. The predicted molar refractivity (Wildman–Crippen MR) is 125 cm³/mol. The SMILES string of the molecule is CCOc1cc(C=Nn2c(C(C)C)nc3ccc(Br)cc3c2=O)cc(Cl)c1OC(C)=O. The summed E-state index contributed by atoms with van der Waals surface area (Å²) in [4.78, 5) is 29.1. The van der Waals surface area contributed by atoms with Crippen LogP contribution in [0.2, 0.25) is 5.02 Å². The minimum absolute atomic E-state index is 0.0354. The third kappa shape index (κ3) is 5.14. The van der Waals surface area contributed by atoms with Gasteiger partial charge in [0.2, 0.25) is 0 Å². The van der Waals surface area contributed by atoms with Crippen LogP contribution in [0.4, 0.5) is 0 Å². The summed E-state index contributed by atoms with van der Waals surface area (Å²) in [7, 11) is 0. The van der Waals surface area contributed by atoms with Gasteiger partial charge in [0.15, 0.2) is 11.5 Å². The van der Waals surface area contributed by atoms with Crippen LogP contribution >= 0.6 is 27.5 Å². The topological polar surface area (TPSA) is 82.8 Å². The summed E-state index contributed by atoms with van der Waals surface area (Å²) in [6.07, 6.45) is 1.49. The molecule has 3 aromatic rings. The van der Waals surface area contributed by atoms with Crippen LogP contribution in [0.1, 0.15) is 45.0 Å². The molecule has 3 rings (SSSR count). The van der Waals surface area contributed by atoms with E-state index in [9.17, 15) is 9.59 Å². The van der Waals surface area contributed by atoms with E-state index in [1.807, 2.05) is 19.9 Å². The molecule has 0 bridgehead atoms. The number of carbonyl (C=O) groups is 1. The molecule has 1 heterocycles. The Morgan fingerprint density at radius 1 is 1.32 bits per heavy atom. The van der Waals surface area contributed by atoms with Crippen molar-refractivity contribution in [2.45, 2.75) is 33.6 Å². The largest absolute Gasteiger partial charge is 0.490 e. The molecule has 31 heavy (non-hydrogen) atoms. The van der Waals surface area contributed by atoms with Crippen molar-refractivity contribution in [2.24, 2.45) is 5.10 Å². The Kier molecular flexibility index (Phi) is 7.12. The van der Waals surface area contributed by atoms with E-state index in [4.69, 9.17) is 21.1 Å². The van der Waals surface area contributed by atoms with Gasteiger partial charge in [0.1, 0.15) is 5.82 Å². The highest BCUT2D eigenvalue weighted by atomic mass is 79.9. The number of esters is 1. The number of benzene rings is 2. The quantitative estimate of drug-likeness (QED) is 0.263. The van der Waals surface area contributed by atoms with Crippen molar-refractivity contribution in [3.63, 3.8) is 0 Å². The van der Waals surface area contributed by atoms with Crippen LogP contribution in [-0.2, 0) is 4.79 Å². The molecule has 2 aromatic carbocycles. The second-order valence-corrected chi connectivity index (χ2v) is 8.33. The zero-order valence-corrected chi connectivity index (χ0v) is 19.8. The molecular formula is C22H21BrClN3O4.